The summed E-state index contributed by atoms with van der Waals surface area (Å²) in [6.45, 7) is 0.404. The third-order valence-corrected chi connectivity index (χ3v) is 4.20. The van der Waals surface area contributed by atoms with Gasteiger partial charge in [0.1, 0.15) is 18.1 Å². The summed E-state index contributed by atoms with van der Waals surface area (Å²) in [5, 5.41) is 34.1. The van der Waals surface area contributed by atoms with Gasteiger partial charge in [-0.05, 0) is 19.8 Å². The Morgan fingerprint density at radius 3 is 1.97 bits per heavy atom. The first kappa shape index (κ1) is 29.5. The van der Waals surface area contributed by atoms with Gasteiger partial charge in [0.05, 0.1) is 25.2 Å². The topological polar surface area (TPSA) is 299 Å². The van der Waals surface area contributed by atoms with E-state index in [-0.39, 0.29) is 18.9 Å². The second kappa shape index (κ2) is 14.5. The molecule has 0 saturated heterocycles. The fourth-order valence-electron chi connectivity index (χ4n) is 2.45. The Morgan fingerprint density at radius 2 is 1.52 bits per heavy atom. The number of aliphatic carboxylic acids is 1. The van der Waals surface area contributed by atoms with Gasteiger partial charge in [0.15, 0.2) is 5.96 Å². The van der Waals surface area contributed by atoms with Crippen molar-refractivity contribution in [3.8, 4) is 0 Å². The number of amides is 4. The Balaban J connectivity index is 5.25. The number of carbonyl (C=O) groups is 5. The maximum atomic E-state index is 12.6. The number of hydrogen-bond donors (Lipinski definition) is 10. The van der Waals surface area contributed by atoms with Gasteiger partial charge in [0.25, 0.3) is 0 Å². The van der Waals surface area contributed by atoms with Gasteiger partial charge in [-0.2, -0.15) is 0 Å². The molecule has 5 atom stereocenters. The van der Waals surface area contributed by atoms with Crippen molar-refractivity contribution in [2.45, 2.75) is 56.5 Å². The predicted molar refractivity (Wildman–Crippen MR) is 114 cm³/mol. The highest BCUT2D eigenvalue weighted by molar-refractivity contribution is 5.96. The summed E-state index contributed by atoms with van der Waals surface area (Å²) in [4.78, 5) is 63.2. The summed E-state index contributed by atoms with van der Waals surface area (Å²) in [6.07, 6.45) is -1.67. The van der Waals surface area contributed by atoms with E-state index in [1.165, 1.54) is 0 Å². The van der Waals surface area contributed by atoms with Crippen molar-refractivity contribution in [2.24, 2.45) is 27.9 Å². The fraction of sp³-hybridized carbons (Fsp3) is 0.647. The van der Waals surface area contributed by atoms with E-state index in [1.54, 1.807) is 0 Å². The van der Waals surface area contributed by atoms with Crippen LogP contribution in [-0.2, 0) is 24.0 Å². The maximum Gasteiger partial charge on any atom is 0.328 e. The van der Waals surface area contributed by atoms with Crippen molar-refractivity contribution < 1.29 is 39.3 Å². The molecule has 0 bridgehead atoms. The van der Waals surface area contributed by atoms with Crippen LogP contribution < -0.4 is 38.9 Å². The molecule has 0 spiro atoms. The Morgan fingerprint density at radius 1 is 0.939 bits per heavy atom. The van der Waals surface area contributed by atoms with Gasteiger partial charge in [0, 0.05) is 6.54 Å². The van der Waals surface area contributed by atoms with Crippen LogP contribution in [-0.4, -0.2) is 94.3 Å². The van der Waals surface area contributed by atoms with Crippen molar-refractivity contribution >= 4 is 35.6 Å². The molecule has 0 aromatic carbocycles. The zero-order valence-electron chi connectivity index (χ0n) is 18.1. The number of aliphatic hydroxyl groups excluding tert-OH is 2. The number of nitrogens with one attached hydrogen (secondary N) is 3. The molecule has 0 rings (SSSR count). The number of aliphatic imine (C=N–C) groups is 1. The molecule has 0 radical (unpaired) electrons. The standard InChI is InChI=1S/C17H32N8O8/c1-7(27)12(15(31)24-10(6-26)16(32)33)25-14(30)9(5-11(19)28)23-13(29)8(18)3-2-4-22-17(20)21/h7-10,12,26-27H,2-6,18H2,1H3,(H2,19,28)(H,23,29)(H,24,31)(H,25,30)(H,32,33)(H4,20,21,22). The monoisotopic (exact) mass is 476 g/mol. The molecular weight excluding hydrogens is 444 g/mol. The molecule has 16 nitrogen and oxygen atoms in total. The molecule has 14 N–H and O–H groups in total. The number of carboxylic acids is 1. The highest BCUT2D eigenvalue weighted by Gasteiger charge is 2.33. The molecule has 0 aromatic rings. The molecule has 188 valence electrons. The van der Waals surface area contributed by atoms with Crippen molar-refractivity contribution in [1.82, 2.24) is 16.0 Å². The lowest BCUT2D eigenvalue weighted by Crippen LogP contribution is -2.60. The second-order valence-corrected chi connectivity index (χ2v) is 7.10. The first-order valence-electron chi connectivity index (χ1n) is 9.82. The molecule has 5 unspecified atom stereocenters. The van der Waals surface area contributed by atoms with Gasteiger partial charge in [-0.3, -0.25) is 24.2 Å². The van der Waals surface area contributed by atoms with E-state index in [0.717, 1.165) is 6.92 Å². The third-order valence-electron chi connectivity index (χ3n) is 4.20. The average Bonchev–Trinajstić information content (AvgIpc) is 2.71. The van der Waals surface area contributed by atoms with Crippen molar-refractivity contribution in [2.75, 3.05) is 13.2 Å². The van der Waals surface area contributed by atoms with Gasteiger partial charge >= 0.3 is 5.97 Å². The molecule has 0 aliphatic heterocycles. The number of carboxylic acid groups (broad SMARTS) is 1. The van der Waals surface area contributed by atoms with Crippen molar-refractivity contribution in [3.05, 3.63) is 0 Å². The number of nitrogens with two attached hydrogens (primary N) is 4. The molecule has 4 amide bonds. The molecule has 0 fully saturated rings. The van der Waals surface area contributed by atoms with E-state index in [0.29, 0.717) is 6.42 Å². The number of guanidine groups is 1. The van der Waals surface area contributed by atoms with E-state index in [2.05, 4.69) is 15.6 Å². The van der Waals surface area contributed by atoms with E-state index >= 15 is 0 Å². The Kier molecular flexibility index (Phi) is 13.0. The summed E-state index contributed by atoms with van der Waals surface area (Å²) in [5.41, 5.74) is 21.2. The number of nitrogens with zero attached hydrogens (tertiary/aromatic N) is 1. The molecular formula is C17H32N8O8. The minimum absolute atomic E-state index is 0.128. The van der Waals surface area contributed by atoms with Crippen LogP contribution in [0.5, 0.6) is 0 Å². The minimum Gasteiger partial charge on any atom is -0.480 e. The molecule has 33 heavy (non-hydrogen) atoms. The number of aliphatic hydroxyl groups is 2. The van der Waals surface area contributed by atoms with Gasteiger partial charge < -0.3 is 54.2 Å². The number of hydrogen-bond acceptors (Lipinski definition) is 9. The molecule has 0 saturated carbocycles. The average molecular weight is 476 g/mol. The van der Waals surface area contributed by atoms with Crippen LogP contribution in [0.25, 0.3) is 0 Å². The van der Waals surface area contributed by atoms with Crippen LogP contribution in [0.2, 0.25) is 0 Å². The largest absolute Gasteiger partial charge is 0.480 e. The second-order valence-electron chi connectivity index (χ2n) is 7.10. The molecule has 0 heterocycles. The molecule has 0 aliphatic carbocycles. The van der Waals surface area contributed by atoms with Crippen LogP contribution in [0.15, 0.2) is 4.99 Å². The lowest BCUT2D eigenvalue weighted by Gasteiger charge is -2.25. The summed E-state index contributed by atoms with van der Waals surface area (Å²) >= 11 is 0. The normalized spacial score (nSPS) is 15.2. The fourth-order valence-corrected chi connectivity index (χ4v) is 2.45. The number of rotatable bonds is 15. The lowest BCUT2D eigenvalue weighted by molar-refractivity contribution is -0.144. The van der Waals surface area contributed by atoms with Gasteiger partial charge in [-0.25, -0.2) is 4.79 Å². The first-order valence-corrected chi connectivity index (χ1v) is 9.82. The predicted octanol–water partition coefficient (Wildman–Crippen LogP) is -5.85. The van der Waals surface area contributed by atoms with Crippen molar-refractivity contribution in [3.63, 3.8) is 0 Å². The quantitative estimate of drug-likeness (QED) is 0.0602. The SMILES string of the molecule is CC(O)C(NC(=O)C(CC(N)=O)NC(=O)C(N)CCCN=C(N)N)C(=O)NC(CO)C(=O)O. The van der Waals surface area contributed by atoms with Crippen LogP contribution in [0.3, 0.4) is 0 Å². The Bertz CT molecular complexity index is 741. The van der Waals surface area contributed by atoms with Crippen LogP contribution >= 0.6 is 0 Å². The Labute approximate surface area is 189 Å². The van der Waals surface area contributed by atoms with Crippen molar-refractivity contribution in [1.29, 1.82) is 0 Å². The summed E-state index contributed by atoms with van der Waals surface area (Å²) in [6, 6.07) is -5.99. The maximum absolute atomic E-state index is 12.6. The van der Waals surface area contributed by atoms with E-state index < -0.39 is 72.9 Å². The third kappa shape index (κ3) is 11.6. The van der Waals surface area contributed by atoms with Crippen LogP contribution in [0.4, 0.5) is 0 Å². The summed E-state index contributed by atoms with van der Waals surface area (Å²) < 4.78 is 0. The highest BCUT2D eigenvalue weighted by atomic mass is 16.4. The van der Waals surface area contributed by atoms with E-state index in [1.807, 2.05) is 5.32 Å². The van der Waals surface area contributed by atoms with Crippen LogP contribution in [0, 0.1) is 0 Å². The highest BCUT2D eigenvalue weighted by Crippen LogP contribution is 2.02. The van der Waals surface area contributed by atoms with Gasteiger partial charge in [-0.15, -0.1) is 0 Å². The zero-order chi connectivity index (χ0) is 25.7. The summed E-state index contributed by atoms with van der Waals surface area (Å²) in [5.74, 6) is -5.62. The van der Waals surface area contributed by atoms with Gasteiger partial charge in [0.2, 0.25) is 23.6 Å². The summed E-state index contributed by atoms with van der Waals surface area (Å²) in [7, 11) is 0. The molecule has 0 aliphatic rings. The molecule has 0 aromatic heterocycles. The van der Waals surface area contributed by atoms with Crippen LogP contribution in [0.1, 0.15) is 26.2 Å². The Hall–Kier alpha value is -3.50. The number of primary amides is 1. The zero-order valence-corrected chi connectivity index (χ0v) is 18.1. The van der Waals surface area contributed by atoms with E-state index in [9.17, 15) is 29.1 Å². The lowest BCUT2D eigenvalue weighted by atomic mass is 10.1. The smallest absolute Gasteiger partial charge is 0.328 e. The number of carbonyl (C=O) groups excluding carboxylic acids is 4. The van der Waals surface area contributed by atoms with Gasteiger partial charge in [-0.1, -0.05) is 0 Å². The minimum atomic E-state index is -1.69. The van der Waals surface area contributed by atoms with E-state index in [4.69, 9.17) is 33.1 Å². The first-order chi connectivity index (χ1) is 15.3. The molecule has 16 heteroatoms.